The van der Waals surface area contributed by atoms with Crippen molar-refractivity contribution >= 4 is 0 Å². The second-order valence-electron chi connectivity index (χ2n) is 3.42. The van der Waals surface area contributed by atoms with Crippen LogP contribution in [0.4, 0.5) is 0 Å². The Morgan fingerprint density at radius 1 is 1.31 bits per heavy atom. The predicted octanol–water partition coefficient (Wildman–Crippen LogP) is 3.16. The van der Waals surface area contributed by atoms with Gasteiger partial charge in [0.25, 0.3) is 0 Å². The third-order valence-corrected chi connectivity index (χ3v) is 2.19. The number of benzene rings is 1. The summed E-state index contributed by atoms with van der Waals surface area (Å²) < 4.78 is 11.1. The van der Waals surface area contributed by atoms with Gasteiger partial charge in [0.05, 0.1) is 19.1 Å². The molecule has 0 N–H and O–H groups in total. The van der Waals surface area contributed by atoms with Gasteiger partial charge in [-0.25, -0.2) is 0 Å². The van der Waals surface area contributed by atoms with Gasteiger partial charge >= 0.3 is 0 Å². The summed E-state index contributed by atoms with van der Waals surface area (Å²) in [7, 11) is 0. The molecule has 3 nitrogen and oxygen atoms in total. The van der Waals surface area contributed by atoms with Crippen molar-refractivity contribution in [3.8, 4) is 17.6 Å². The Balaban J connectivity index is 2.65. The van der Waals surface area contributed by atoms with Crippen molar-refractivity contribution in [1.82, 2.24) is 0 Å². The maximum absolute atomic E-state index is 8.63. The molecule has 0 aliphatic carbocycles. The lowest BCUT2D eigenvalue weighted by atomic mass is 10.2. The van der Waals surface area contributed by atoms with Crippen molar-refractivity contribution in [3.63, 3.8) is 0 Å². The van der Waals surface area contributed by atoms with Gasteiger partial charge in [-0.2, -0.15) is 5.26 Å². The fraction of sp³-hybridized carbons (Fsp3) is 0.462. The van der Waals surface area contributed by atoms with Crippen LogP contribution in [0.3, 0.4) is 0 Å². The summed E-state index contributed by atoms with van der Waals surface area (Å²) >= 11 is 0. The lowest BCUT2D eigenvalue weighted by molar-refractivity contribution is 0.201. The van der Waals surface area contributed by atoms with E-state index in [1.54, 1.807) is 0 Å². The highest BCUT2D eigenvalue weighted by atomic mass is 16.5. The van der Waals surface area contributed by atoms with Crippen LogP contribution in [0.15, 0.2) is 24.3 Å². The molecule has 0 heterocycles. The molecule has 0 fully saturated rings. The Labute approximate surface area is 96.6 Å². The van der Waals surface area contributed by atoms with Gasteiger partial charge in [0, 0.05) is 6.07 Å². The van der Waals surface area contributed by atoms with Crippen LogP contribution in [0.25, 0.3) is 0 Å². The smallest absolute Gasteiger partial charge is 0.123 e. The molecule has 0 amide bonds. The fourth-order valence-electron chi connectivity index (χ4n) is 1.37. The molecule has 1 unspecified atom stereocenters. The summed E-state index contributed by atoms with van der Waals surface area (Å²) in [4.78, 5) is 0. The van der Waals surface area contributed by atoms with Crippen LogP contribution in [0.1, 0.15) is 26.7 Å². The van der Waals surface area contributed by atoms with Gasteiger partial charge in [0.15, 0.2) is 0 Å². The van der Waals surface area contributed by atoms with Gasteiger partial charge in [-0.3, -0.25) is 0 Å². The molecule has 0 saturated heterocycles. The first-order valence-electron chi connectivity index (χ1n) is 5.56. The molecule has 0 saturated carbocycles. The van der Waals surface area contributed by atoms with Gasteiger partial charge in [-0.15, -0.1) is 0 Å². The van der Waals surface area contributed by atoms with Crippen LogP contribution in [0.2, 0.25) is 0 Å². The highest BCUT2D eigenvalue weighted by molar-refractivity contribution is 5.33. The van der Waals surface area contributed by atoms with Gasteiger partial charge < -0.3 is 9.47 Å². The highest BCUT2D eigenvalue weighted by Gasteiger charge is 2.07. The molecule has 3 heteroatoms. The molecule has 1 atom stereocenters. The average molecular weight is 219 g/mol. The third-order valence-electron chi connectivity index (χ3n) is 2.19. The summed E-state index contributed by atoms with van der Waals surface area (Å²) in [5.41, 5.74) is 0. The van der Waals surface area contributed by atoms with Gasteiger partial charge in [-0.05, 0) is 25.5 Å². The minimum absolute atomic E-state index is 0.0399. The number of hydrogen-bond acceptors (Lipinski definition) is 3. The minimum atomic E-state index is -0.0399. The summed E-state index contributed by atoms with van der Waals surface area (Å²) in [6, 6.07) is 9.63. The van der Waals surface area contributed by atoms with Gasteiger partial charge in [0.2, 0.25) is 0 Å². The van der Waals surface area contributed by atoms with E-state index in [9.17, 15) is 0 Å². The summed E-state index contributed by atoms with van der Waals surface area (Å²) in [5, 5.41) is 8.63. The summed E-state index contributed by atoms with van der Waals surface area (Å²) in [5.74, 6) is 1.56. The Hall–Kier alpha value is -1.69. The molecular weight excluding hydrogens is 202 g/mol. The standard InChI is InChI=1S/C13H17NO2/c1-3-11(8-9-14)16-13-7-5-6-12(10-13)15-4-2/h5-7,10-11H,3-4,8H2,1-2H3. The maximum Gasteiger partial charge on any atom is 0.123 e. The zero-order valence-electron chi connectivity index (χ0n) is 9.77. The SMILES string of the molecule is CCOc1cccc(OC(CC)CC#N)c1. The van der Waals surface area contributed by atoms with Crippen LogP contribution in [-0.2, 0) is 0 Å². The number of nitrogens with zero attached hydrogens (tertiary/aromatic N) is 1. The highest BCUT2D eigenvalue weighted by Crippen LogP contribution is 2.21. The van der Waals surface area contributed by atoms with E-state index in [1.807, 2.05) is 38.1 Å². The van der Waals surface area contributed by atoms with Crippen molar-refractivity contribution in [1.29, 1.82) is 5.26 Å². The maximum atomic E-state index is 8.63. The average Bonchev–Trinajstić information content (AvgIpc) is 2.29. The molecule has 0 aromatic heterocycles. The fourth-order valence-corrected chi connectivity index (χ4v) is 1.37. The van der Waals surface area contributed by atoms with E-state index in [0.717, 1.165) is 17.9 Å². The van der Waals surface area contributed by atoms with E-state index in [4.69, 9.17) is 14.7 Å². The number of hydrogen-bond donors (Lipinski definition) is 0. The zero-order valence-corrected chi connectivity index (χ0v) is 9.77. The Kier molecular flexibility index (Phi) is 5.21. The molecule has 0 spiro atoms. The minimum Gasteiger partial charge on any atom is -0.494 e. The molecular formula is C13H17NO2. The Morgan fingerprint density at radius 2 is 2.06 bits per heavy atom. The Morgan fingerprint density at radius 3 is 2.69 bits per heavy atom. The topological polar surface area (TPSA) is 42.2 Å². The molecule has 1 aromatic carbocycles. The van der Waals surface area contributed by atoms with E-state index in [-0.39, 0.29) is 6.10 Å². The number of nitriles is 1. The zero-order chi connectivity index (χ0) is 11.8. The number of ether oxygens (including phenoxy) is 2. The van der Waals surface area contributed by atoms with E-state index < -0.39 is 0 Å². The first-order chi connectivity index (χ1) is 7.80. The van der Waals surface area contributed by atoms with Crippen LogP contribution in [0, 0.1) is 11.3 Å². The van der Waals surface area contributed by atoms with Crippen molar-refractivity contribution in [2.24, 2.45) is 0 Å². The van der Waals surface area contributed by atoms with Crippen molar-refractivity contribution < 1.29 is 9.47 Å². The largest absolute Gasteiger partial charge is 0.494 e. The second-order valence-corrected chi connectivity index (χ2v) is 3.42. The third kappa shape index (κ3) is 3.82. The lowest BCUT2D eigenvalue weighted by Gasteiger charge is -2.15. The van der Waals surface area contributed by atoms with E-state index >= 15 is 0 Å². The van der Waals surface area contributed by atoms with E-state index in [0.29, 0.717) is 13.0 Å². The van der Waals surface area contributed by atoms with Gasteiger partial charge in [-0.1, -0.05) is 13.0 Å². The molecule has 1 rings (SSSR count). The predicted molar refractivity (Wildman–Crippen MR) is 62.5 cm³/mol. The molecule has 0 bridgehead atoms. The number of rotatable bonds is 6. The van der Waals surface area contributed by atoms with Crippen LogP contribution in [-0.4, -0.2) is 12.7 Å². The molecule has 86 valence electrons. The molecule has 0 aliphatic rings. The van der Waals surface area contributed by atoms with E-state index in [2.05, 4.69) is 6.07 Å². The first kappa shape index (κ1) is 12.4. The molecule has 16 heavy (non-hydrogen) atoms. The van der Waals surface area contributed by atoms with Crippen molar-refractivity contribution in [2.45, 2.75) is 32.8 Å². The van der Waals surface area contributed by atoms with Crippen LogP contribution in [0.5, 0.6) is 11.5 Å². The summed E-state index contributed by atoms with van der Waals surface area (Å²) in [6.45, 7) is 4.59. The first-order valence-corrected chi connectivity index (χ1v) is 5.56. The molecule has 1 aromatic rings. The second kappa shape index (κ2) is 6.73. The van der Waals surface area contributed by atoms with Gasteiger partial charge in [0.1, 0.15) is 17.6 Å². The lowest BCUT2D eigenvalue weighted by Crippen LogP contribution is -2.14. The normalized spacial score (nSPS) is 11.6. The monoisotopic (exact) mass is 219 g/mol. The molecule has 0 radical (unpaired) electrons. The van der Waals surface area contributed by atoms with E-state index in [1.165, 1.54) is 0 Å². The summed E-state index contributed by atoms with van der Waals surface area (Å²) in [6.07, 6.45) is 1.20. The Bertz CT molecular complexity index is 357. The van der Waals surface area contributed by atoms with Crippen LogP contribution >= 0.6 is 0 Å². The quantitative estimate of drug-likeness (QED) is 0.738. The van der Waals surface area contributed by atoms with Crippen molar-refractivity contribution in [3.05, 3.63) is 24.3 Å². The van der Waals surface area contributed by atoms with Crippen molar-refractivity contribution in [2.75, 3.05) is 6.61 Å². The molecule has 0 aliphatic heterocycles. The van der Waals surface area contributed by atoms with Crippen LogP contribution < -0.4 is 9.47 Å².